The number of nitrogens with two attached hydrogens (primary N) is 1. The monoisotopic (exact) mass is 1150 g/mol. The lowest BCUT2D eigenvalue weighted by Gasteiger charge is -2.37. The number of aromatic nitrogens is 4. The Hall–Kier alpha value is -7.68. The van der Waals surface area contributed by atoms with E-state index in [-0.39, 0.29) is 133 Å². The second kappa shape index (κ2) is 22.7. The van der Waals surface area contributed by atoms with Crippen molar-refractivity contribution in [2.45, 2.75) is 84.3 Å². The summed E-state index contributed by atoms with van der Waals surface area (Å²) in [5.74, 6) is -2.96. The molecular formula is C58H58ClF3N10O8S. The highest BCUT2D eigenvalue weighted by atomic mass is 35.5. The summed E-state index contributed by atoms with van der Waals surface area (Å²) < 4.78 is 67.3. The third-order valence-corrected chi connectivity index (χ3v) is 16.9. The van der Waals surface area contributed by atoms with E-state index in [1.807, 2.05) is 24.8 Å². The molecule has 3 fully saturated rings. The van der Waals surface area contributed by atoms with Gasteiger partial charge in [0.25, 0.3) is 11.5 Å². The van der Waals surface area contributed by atoms with Gasteiger partial charge in [-0.2, -0.15) is 15.2 Å². The van der Waals surface area contributed by atoms with Gasteiger partial charge in [-0.3, -0.25) is 19.8 Å². The van der Waals surface area contributed by atoms with Gasteiger partial charge >= 0.3 is 12.1 Å². The first-order chi connectivity index (χ1) is 38.9. The minimum absolute atomic E-state index is 0.00144. The van der Waals surface area contributed by atoms with Crippen molar-refractivity contribution in [3.8, 4) is 34.6 Å². The van der Waals surface area contributed by atoms with Crippen LogP contribution in [-0.4, -0.2) is 117 Å². The fourth-order valence-corrected chi connectivity index (χ4v) is 13.0. The van der Waals surface area contributed by atoms with Crippen LogP contribution in [0.3, 0.4) is 0 Å². The van der Waals surface area contributed by atoms with Crippen LogP contribution in [0.4, 0.5) is 34.5 Å². The van der Waals surface area contributed by atoms with Gasteiger partial charge < -0.3 is 44.2 Å². The summed E-state index contributed by atoms with van der Waals surface area (Å²) in [5, 5.41) is 23.7. The van der Waals surface area contributed by atoms with E-state index in [9.17, 15) is 29.5 Å². The largest absolute Gasteiger partial charge is 0.461 e. The fourth-order valence-electron chi connectivity index (χ4n) is 11.7. The lowest BCUT2D eigenvalue weighted by atomic mass is 9.95. The highest BCUT2D eigenvalue weighted by Gasteiger charge is 2.45. The van der Waals surface area contributed by atoms with Crippen LogP contribution >= 0.6 is 22.9 Å². The van der Waals surface area contributed by atoms with Crippen molar-refractivity contribution in [2.24, 2.45) is 5.92 Å². The summed E-state index contributed by atoms with van der Waals surface area (Å²) in [5.41, 5.74) is 6.82. The number of thiophene rings is 1. The molecule has 4 aromatic heterocycles. The Morgan fingerprint density at radius 2 is 1.75 bits per heavy atom. The molecule has 422 valence electrons. The summed E-state index contributed by atoms with van der Waals surface area (Å²) in [7, 11) is 1.39. The number of halogens is 4. The lowest BCUT2D eigenvalue weighted by Crippen LogP contribution is -2.50. The fraction of sp³-hybridized carbons (Fsp3) is 0.379. The molecule has 0 radical (unpaired) electrons. The molecule has 0 aliphatic carbocycles. The number of methoxy groups -OCH3 is 1. The van der Waals surface area contributed by atoms with E-state index >= 15 is 13.2 Å². The number of carbonyl (C=O) groups is 3. The van der Waals surface area contributed by atoms with Gasteiger partial charge in [0.15, 0.2) is 12.1 Å². The maximum atomic E-state index is 17.4. The van der Waals surface area contributed by atoms with E-state index in [0.29, 0.717) is 34.4 Å². The molecule has 3 aromatic carbocycles. The SMILES string of the molecule is C=C(C(=O)N1CCN(c2nc(OCC34CCCN3CCC4)nc3c(F)c(-c4ccc(F)c5sc(N)c(C#N)c45)c(Cl)cc23)CC1)C(OC(=O)Nc1cc2cc3c(nc2cc1F)-c1cc(C(O)C=O)c(COC)c(=O)n1C3)C(C)C.CC. The van der Waals surface area contributed by atoms with Gasteiger partial charge in [0, 0.05) is 77.8 Å². The molecule has 81 heavy (non-hydrogen) atoms. The van der Waals surface area contributed by atoms with Gasteiger partial charge in [0.2, 0.25) is 0 Å². The van der Waals surface area contributed by atoms with Crippen LogP contribution in [0.5, 0.6) is 6.01 Å². The van der Waals surface area contributed by atoms with Gasteiger partial charge in [0.1, 0.15) is 52.9 Å². The molecule has 2 amide bonds. The van der Waals surface area contributed by atoms with Crippen molar-refractivity contribution in [3.63, 3.8) is 0 Å². The maximum absolute atomic E-state index is 17.4. The van der Waals surface area contributed by atoms with Gasteiger partial charge in [-0.15, -0.1) is 11.3 Å². The standard InChI is InChI=1S/C56H52ClF3N10O8S.C2H6/c1-27(2)48(78-55(75)64-40-18-29-17-30-23-70-41(46(30)63-39(29)21-38(40)59)20-32(42(72)24-71)35(25-76-4)53(70)74)28(3)52(73)68-15-13-67(14-16-68)51-33-19-36(57)44(31-7-8-37(58)49-43(31)34(22-61)50(62)79-49)45(60)47(33)65-54(66-51)77-26-56-9-5-11-69(56)12-6-10-56;1-2/h7-8,17-21,24,27,42,48,72H,3,5-6,9-16,23,25-26,62H2,1-2,4H3,(H,64,75);1-2H3. The molecule has 0 bridgehead atoms. The number of rotatable bonds is 14. The molecule has 3 saturated heterocycles. The number of hydrogen-bond acceptors (Lipinski definition) is 16. The van der Waals surface area contributed by atoms with Gasteiger partial charge in [-0.05, 0) is 80.6 Å². The normalized spacial score (nSPS) is 16.2. The lowest BCUT2D eigenvalue weighted by molar-refractivity contribution is -0.128. The number of aliphatic hydroxyl groups excluding tert-OH is 1. The highest BCUT2D eigenvalue weighted by Crippen LogP contribution is 2.47. The molecule has 4 aliphatic heterocycles. The molecule has 8 heterocycles. The van der Waals surface area contributed by atoms with Crippen molar-refractivity contribution in [2.75, 3.05) is 68.9 Å². The molecule has 2 atom stereocenters. The molecule has 2 unspecified atom stereocenters. The first kappa shape index (κ1) is 56.6. The summed E-state index contributed by atoms with van der Waals surface area (Å²) in [4.78, 5) is 72.9. The van der Waals surface area contributed by atoms with E-state index in [2.05, 4.69) is 26.8 Å². The highest BCUT2D eigenvalue weighted by molar-refractivity contribution is 7.23. The number of piperazine rings is 1. The van der Waals surface area contributed by atoms with E-state index in [1.54, 1.807) is 24.8 Å². The number of benzene rings is 3. The summed E-state index contributed by atoms with van der Waals surface area (Å²) in [6, 6.07) is 11.7. The predicted molar refractivity (Wildman–Crippen MR) is 303 cm³/mol. The number of nitriles is 1. The second-order valence-electron chi connectivity index (χ2n) is 20.6. The average molecular weight is 1150 g/mol. The number of aliphatic hydroxyl groups is 1. The Morgan fingerprint density at radius 1 is 1.02 bits per heavy atom. The first-order valence-corrected chi connectivity index (χ1v) is 27.8. The molecule has 23 heteroatoms. The summed E-state index contributed by atoms with van der Waals surface area (Å²) in [6.07, 6.45) is 0.448. The molecule has 18 nitrogen and oxygen atoms in total. The molecule has 11 rings (SSSR count). The van der Waals surface area contributed by atoms with Crippen molar-refractivity contribution < 1.29 is 46.9 Å². The second-order valence-corrected chi connectivity index (χ2v) is 22.1. The number of amides is 2. The minimum atomic E-state index is -1.58. The third-order valence-electron chi connectivity index (χ3n) is 15.6. The van der Waals surface area contributed by atoms with Gasteiger partial charge in [0.05, 0.1) is 62.1 Å². The van der Waals surface area contributed by atoms with Crippen LogP contribution in [-0.2, 0) is 32.2 Å². The van der Waals surface area contributed by atoms with Crippen LogP contribution in [0.25, 0.3) is 54.4 Å². The number of nitrogen functional groups attached to an aromatic ring is 1. The van der Waals surface area contributed by atoms with Crippen molar-refractivity contribution in [1.29, 1.82) is 5.26 Å². The van der Waals surface area contributed by atoms with Crippen LogP contribution in [0.15, 0.2) is 59.4 Å². The number of fused-ring (bicyclic) bond motifs is 7. The van der Waals surface area contributed by atoms with Crippen molar-refractivity contribution in [3.05, 3.63) is 110 Å². The molecular weight excluding hydrogens is 1090 g/mol. The Balaban J connectivity index is 0.00000364. The molecule has 4 N–H and O–H groups in total. The third kappa shape index (κ3) is 10.1. The topological polar surface area (TPSA) is 231 Å². The van der Waals surface area contributed by atoms with Crippen molar-refractivity contribution in [1.82, 2.24) is 29.3 Å². The Labute approximate surface area is 472 Å². The molecule has 4 aliphatic rings. The summed E-state index contributed by atoms with van der Waals surface area (Å²) >= 11 is 7.85. The number of pyridine rings is 2. The Kier molecular flexibility index (Phi) is 15.9. The average Bonchev–Trinajstić information content (AvgIpc) is 4.32. The number of carbonyl (C=O) groups excluding carboxylic acids is 3. The number of aldehydes is 1. The van der Waals surface area contributed by atoms with Crippen molar-refractivity contribution >= 4 is 89.6 Å². The van der Waals surface area contributed by atoms with Crippen LogP contribution < -0.4 is 26.2 Å². The van der Waals surface area contributed by atoms with E-state index < -0.39 is 53.1 Å². The maximum Gasteiger partial charge on any atom is 0.412 e. The molecule has 0 spiro atoms. The van der Waals surface area contributed by atoms with Crippen LogP contribution in [0, 0.1) is 34.7 Å². The van der Waals surface area contributed by atoms with Crippen LogP contribution in [0.2, 0.25) is 5.02 Å². The van der Waals surface area contributed by atoms with E-state index in [0.717, 1.165) is 56.2 Å². The number of nitrogens with zero attached hydrogens (tertiary/aromatic N) is 8. The zero-order valence-electron chi connectivity index (χ0n) is 45.1. The Morgan fingerprint density at radius 3 is 2.43 bits per heavy atom. The number of anilines is 3. The van der Waals surface area contributed by atoms with Gasteiger partial charge in [-0.1, -0.05) is 51.9 Å². The smallest absolute Gasteiger partial charge is 0.412 e. The first-order valence-electron chi connectivity index (χ1n) is 26.7. The number of hydrogen-bond donors (Lipinski definition) is 3. The number of nitrogens with one attached hydrogen (secondary N) is 1. The molecule has 0 saturated carbocycles. The zero-order valence-corrected chi connectivity index (χ0v) is 46.7. The predicted octanol–water partition coefficient (Wildman–Crippen LogP) is 9.66. The van der Waals surface area contributed by atoms with Crippen LogP contribution in [0.1, 0.15) is 81.7 Å². The summed E-state index contributed by atoms with van der Waals surface area (Å²) in [6.45, 7) is 14.4. The Bertz CT molecular complexity index is 3830. The van der Waals surface area contributed by atoms with E-state index in [4.69, 9.17) is 36.5 Å². The van der Waals surface area contributed by atoms with Gasteiger partial charge in [-0.25, -0.2) is 22.9 Å². The zero-order chi connectivity index (χ0) is 57.8. The molecule has 7 aromatic rings. The minimum Gasteiger partial charge on any atom is -0.461 e. The van der Waals surface area contributed by atoms with E-state index in [1.165, 1.54) is 42.0 Å². The quantitative estimate of drug-likeness (QED) is 0.0680. The number of ether oxygens (including phenoxy) is 3.